The number of nitrogens with zero attached hydrogens (tertiary/aromatic N) is 2. The molecule has 0 fully saturated rings. The average molecular weight is 279 g/mol. The second kappa shape index (κ2) is 5.05. The molecule has 0 aliphatic rings. The molecule has 5 nitrogen and oxygen atoms in total. The van der Waals surface area contributed by atoms with E-state index in [4.69, 9.17) is 0 Å². The first-order valence-electron chi connectivity index (χ1n) is 6.04. The van der Waals surface area contributed by atoms with Gasteiger partial charge in [0.05, 0.1) is 5.69 Å². The second-order valence-electron chi connectivity index (χ2n) is 4.41. The van der Waals surface area contributed by atoms with E-state index >= 15 is 0 Å². The fraction of sp³-hybridized carbons (Fsp3) is 0.308. The van der Waals surface area contributed by atoms with Gasteiger partial charge in [0.15, 0.2) is 0 Å². The zero-order chi connectivity index (χ0) is 14.0. The molecule has 0 aliphatic carbocycles. The molecule has 2 aromatic rings. The van der Waals surface area contributed by atoms with Crippen LogP contribution in [0.1, 0.15) is 18.2 Å². The lowest BCUT2D eigenvalue weighted by Gasteiger charge is -2.07. The third-order valence-electron chi connectivity index (χ3n) is 2.87. The molecule has 2 rings (SSSR count). The van der Waals surface area contributed by atoms with Crippen molar-refractivity contribution in [3.05, 3.63) is 41.7 Å². The lowest BCUT2D eigenvalue weighted by Crippen LogP contribution is -2.13. The van der Waals surface area contributed by atoms with E-state index in [1.165, 1.54) is 16.4 Å². The van der Waals surface area contributed by atoms with Gasteiger partial charge in [-0.25, -0.2) is 8.42 Å². The van der Waals surface area contributed by atoms with Crippen LogP contribution in [0.4, 0.5) is 5.69 Å². The Bertz CT molecular complexity index is 672. The number of hydrogen-bond donors (Lipinski definition) is 1. The van der Waals surface area contributed by atoms with Gasteiger partial charge in [0.2, 0.25) is 0 Å². The van der Waals surface area contributed by atoms with Crippen molar-refractivity contribution in [2.24, 2.45) is 7.05 Å². The summed E-state index contributed by atoms with van der Waals surface area (Å²) in [4.78, 5) is 0.203. The first-order valence-corrected chi connectivity index (χ1v) is 7.52. The van der Waals surface area contributed by atoms with Gasteiger partial charge in [0, 0.05) is 18.9 Å². The Labute approximate surface area is 113 Å². The van der Waals surface area contributed by atoms with Gasteiger partial charge in [-0.05, 0) is 31.0 Å². The Morgan fingerprint density at radius 1 is 1.26 bits per heavy atom. The van der Waals surface area contributed by atoms with Crippen LogP contribution in [-0.2, 0) is 23.5 Å². The van der Waals surface area contributed by atoms with Crippen LogP contribution in [0.5, 0.6) is 0 Å². The Morgan fingerprint density at radius 3 is 2.37 bits per heavy atom. The van der Waals surface area contributed by atoms with Crippen LogP contribution >= 0.6 is 0 Å². The van der Waals surface area contributed by atoms with Crippen molar-refractivity contribution >= 4 is 15.7 Å². The molecule has 1 N–H and O–H groups in total. The first-order chi connectivity index (χ1) is 8.92. The van der Waals surface area contributed by atoms with Gasteiger partial charge in [0.25, 0.3) is 10.0 Å². The van der Waals surface area contributed by atoms with Gasteiger partial charge in [-0.3, -0.25) is 9.40 Å². The molecule has 0 aliphatic heterocycles. The van der Waals surface area contributed by atoms with Crippen molar-refractivity contribution < 1.29 is 8.42 Å². The molecular formula is C13H17N3O2S. The van der Waals surface area contributed by atoms with Crippen LogP contribution in [0.3, 0.4) is 0 Å². The molecular weight excluding hydrogens is 262 g/mol. The molecule has 19 heavy (non-hydrogen) atoms. The number of aromatic nitrogens is 2. The van der Waals surface area contributed by atoms with E-state index < -0.39 is 10.0 Å². The maximum atomic E-state index is 12.2. The molecule has 0 bridgehead atoms. The fourth-order valence-corrected chi connectivity index (χ4v) is 3.14. The van der Waals surface area contributed by atoms with Gasteiger partial charge in [-0.15, -0.1) is 0 Å². The Balaban J connectivity index is 2.28. The van der Waals surface area contributed by atoms with Crippen molar-refractivity contribution in [3.63, 3.8) is 0 Å². The molecule has 6 heteroatoms. The topological polar surface area (TPSA) is 64.0 Å². The third kappa shape index (κ3) is 2.96. The quantitative estimate of drug-likeness (QED) is 0.932. The predicted octanol–water partition coefficient (Wildman–Crippen LogP) is 2.09. The SMILES string of the molecule is CCc1ccc(NS(=O)(=O)c2cn(C)nc2C)cc1. The molecule has 102 valence electrons. The Kier molecular flexibility index (Phi) is 3.61. The van der Waals surface area contributed by atoms with Crippen LogP contribution in [-0.4, -0.2) is 18.2 Å². The molecule has 0 atom stereocenters. The van der Waals surface area contributed by atoms with E-state index in [1.807, 2.05) is 12.1 Å². The van der Waals surface area contributed by atoms with Gasteiger partial charge in [-0.2, -0.15) is 5.10 Å². The number of aryl methyl sites for hydroxylation is 3. The van der Waals surface area contributed by atoms with Crippen molar-refractivity contribution in [2.75, 3.05) is 4.72 Å². The van der Waals surface area contributed by atoms with Gasteiger partial charge < -0.3 is 0 Å². The fourth-order valence-electron chi connectivity index (χ4n) is 1.86. The maximum absolute atomic E-state index is 12.2. The van der Waals surface area contributed by atoms with Crippen LogP contribution in [0, 0.1) is 6.92 Å². The normalized spacial score (nSPS) is 11.5. The summed E-state index contributed by atoms with van der Waals surface area (Å²) < 4.78 is 28.5. The summed E-state index contributed by atoms with van der Waals surface area (Å²) in [5.41, 5.74) is 2.21. The van der Waals surface area contributed by atoms with Gasteiger partial charge in [0.1, 0.15) is 4.90 Å². The zero-order valence-corrected chi connectivity index (χ0v) is 12.0. The lowest BCUT2D eigenvalue weighted by molar-refractivity contribution is 0.600. The van der Waals surface area contributed by atoms with Crippen molar-refractivity contribution in [3.8, 4) is 0 Å². The Hall–Kier alpha value is -1.82. The summed E-state index contributed by atoms with van der Waals surface area (Å²) in [7, 11) is -1.88. The monoisotopic (exact) mass is 279 g/mol. The number of rotatable bonds is 4. The molecule has 1 heterocycles. The van der Waals surface area contributed by atoms with Crippen molar-refractivity contribution in [1.82, 2.24) is 9.78 Å². The van der Waals surface area contributed by atoms with Crippen LogP contribution in [0.15, 0.2) is 35.4 Å². The average Bonchev–Trinajstić information content (AvgIpc) is 2.70. The van der Waals surface area contributed by atoms with E-state index in [1.54, 1.807) is 26.1 Å². The zero-order valence-electron chi connectivity index (χ0n) is 11.2. The summed E-state index contributed by atoms with van der Waals surface area (Å²) in [6.07, 6.45) is 2.42. The minimum absolute atomic E-state index is 0.203. The summed E-state index contributed by atoms with van der Waals surface area (Å²) in [6, 6.07) is 7.35. The van der Waals surface area contributed by atoms with Crippen LogP contribution in [0.25, 0.3) is 0 Å². The molecule has 0 unspecified atom stereocenters. The standard InChI is InChI=1S/C13H17N3O2S/c1-4-11-5-7-12(8-6-11)15-19(17,18)13-9-16(3)14-10(13)2/h5-9,15H,4H2,1-3H3. The second-order valence-corrected chi connectivity index (χ2v) is 6.06. The number of nitrogens with one attached hydrogen (secondary N) is 1. The number of benzene rings is 1. The van der Waals surface area contributed by atoms with E-state index in [-0.39, 0.29) is 4.90 Å². The highest BCUT2D eigenvalue weighted by atomic mass is 32.2. The summed E-state index contributed by atoms with van der Waals surface area (Å²) >= 11 is 0. The summed E-state index contributed by atoms with van der Waals surface area (Å²) in [5, 5.41) is 4.04. The highest BCUT2D eigenvalue weighted by Crippen LogP contribution is 2.18. The third-order valence-corrected chi connectivity index (χ3v) is 4.36. The molecule has 0 saturated carbocycles. The van der Waals surface area contributed by atoms with E-state index in [0.717, 1.165) is 6.42 Å². The van der Waals surface area contributed by atoms with Crippen molar-refractivity contribution in [2.45, 2.75) is 25.2 Å². The molecule has 1 aromatic carbocycles. The minimum atomic E-state index is -3.58. The highest BCUT2D eigenvalue weighted by Gasteiger charge is 2.19. The highest BCUT2D eigenvalue weighted by molar-refractivity contribution is 7.92. The molecule has 0 spiro atoms. The Morgan fingerprint density at radius 2 is 1.89 bits per heavy atom. The van der Waals surface area contributed by atoms with Gasteiger partial charge >= 0.3 is 0 Å². The predicted molar refractivity (Wildman–Crippen MR) is 74.6 cm³/mol. The van der Waals surface area contributed by atoms with Crippen molar-refractivity contribution in [1.29, 1.82) is 0 Å². The number of hydrogen-bond acceptors (Lipinski definition) is 3. The van der Waals surface area contributed by atoms with Crippen LogP contribution < -0.4 is 4.72 Å². The summed E-state index contributed by atoms with van der Waals surface area (Å²) in [5.74, 6) is 0. The largest absolute Gasteiger partial charge is 0.280 e. The number of anilines is 1. The smallest absolute Gasteiger partial charge is 0.265 e. The number of sulfonamides is 1. The van der Waals surface area contributed by atoms with E-state index in [9.17, 15) is 8.42 Å². The minimum Gasteiger partial charge on any atom is -0.280 e. The summed E-state index contributed by atoms with van der Waals surface area (Å²) in [6.45, 7) is 3.73. The molecule has 0 radical (unpaired) electrons. The van der Waals surface area contributed by atoms with Gasteiger partial charge in [-0.1, -0.05) is 19.1 Å². The molecule has 0 saturated heterocycles. The van der Waals surface area contributed by atoms with E-state index in [2.05, 4.69) is 16.7 Å². The first kappa shape index (κ1) is 13.6. The lowest BCUT2D eigenvalue weighted by atomic mass is 10.2. The molecule has 1 aromatic heterocycles. The van der Waals surface area contributed by atoms with E-state index in [0.29, 0.717) is 11.4 Å². The van der Waals surface area contributed by atoms with Crippen LogP contribution in [0.2, 0.25) is 0 Å². The maximum Gasteiger partial charge on any atom is 0.265 e. The molecule has 0 amide bonds.